The first-order valence-electron chi connectivity index (χ1n) is 7.92. The van der Waals surface area contributed by atoms with E-state index in [9.17, 15) is 0 Å². The molecule has 2 N–H and O–H groups in total. The predicted molar refractivity (Wildman–Crippen MR) is 90.5 cm³/mol. The lowest BCUT2D eigenvalue weighted by Gasteiger charge is -2.29. The monoisotopic (exact) mass is 294 g/mol. The average Bonchev–Trinajstić information content (AvgIpc) is 2.61. The summed E-state index contributed by atoms with van der Waals surface area (Å²) in [4.78, 5) is 9.07. The molecule has 0 bridgehead atoms. The molecule has 0 spiro atoms. The molecule has 22 heavy (non-hydrogen) atoms. The third kappa shape index (κ3) is 4.07. The summed E-state index contributed by atoms with van der Waals surface area (Å²) in [5.74, 6) is 0. The second-order valence-corrected chi connectivity index (χ2v) is 5.62. The maximum atomic E-state index is 4.77. The van der Waals surface area contributed by atoms with Gasteiger partial charge in [0, 0.05) is 30.9 Å². The fourth-order valence-electron chi connectivity index (χ4n) is 2.80. The molecule has 1 fully saturated rings. The van der Waals surface area contributed by atoms with Crippen molar-refractivity contribution in [2.45, 2.75) is 37.8 Å². The van der Waals surface area contributed by atoms with Crippen molar-refractivity contribution in [1.82, 2.24) is 15.6 Å². The summed E-state index contributed by atoms with van der Waals surface area (Å²) in [7, 11) is 0. The third-order valence-corrected chi connectivity index (χ3v) is 4.00. The Morgan fingerprint density at radius 2 is 2.18 bits per heavy atom. The topological polar surface area (TPSA) is 49.3 Å². The summed E-state index contributed by atoms with van der Waals surface area (Å²) < 4.78 is 0. The van der Waals surface area contributed by atoms with Gasteiger partial charge in [-0.15, -0.1) is 0 Å². The van der Waals surface area contributed by atoms with Crippen LogP contribution in [0, 0.1) is 0 Å². The first kappa shape index (κ1) is 14.6. The molecule has 2 atom stereocenters. The van der Waals surface area contributed by atoms with E-state index in [1.165, 1.54) is 12.8 Å². The summed E-state index contributed by atoms with van der Waals surface area (Å²) in [6.07, 6.45) is 18.6. The standard InChI is InChI=1S/C18H22N4/c1-2-10-18(22-14-16-8-4-6-12-20-16)17(9-1)21-13-15-7-3-5-11-19-15/h3-8,11-14,17-19,21H,1-2,9-10H2/b15-13+,22-14?/t17-,18+/m1/s1. The molecular formula is C18H22N4. The highest BCUT2D eigenvalue weighted by atomic mass is 15.0. The van der Waals surface area contributed by atoms with Gasteiger partial charge in [0.1, 0.15) is 0 Å². The van der Waals surface area contributed by atoms with Crippen LogP contribution < -0.4 is 10.6 Å². The zero-order valence-electron chi connectivity index (χ0n) is 12.7. The zero-order chi connectivity index (χ0) is 15.0. The fraction of sp³-hybridized carbons (Fsp3) is 0.333. The molecular weight excluding hydrogens is 272 g/mol. The Morgan fingerprint density at radius 1 is 1.23 bits per heavy atom. The maximum absolute atomic E-state index is 4.77. The first-order chi connectivity index (χ1) is 10.9. The number of nitrogens with zero attached hydrogens (tertiary/aromatic N) is 2. The molecule has 1 saturated carbocycles. The third-order valence-electron chi connectivity index (χ3n) is 4.00. The average molecular weight is 294 g/mol. The van der Waals surface area contributed by atoms with E-state index >= 15 is 0 Å². The zero-order valence-corrected chi connectivity index (χ0v) is 12.7. The van der Waals surface area contributed by atoms with E-state index in [1.54, 1.807) is 6.20 Å². The summed E-state index contributed by atoms with van der Waals surface area (Å²) >= 11 is 0. The number of dihydropyridines is 1. The van der Waals surface area contributed by atoms with Gasteiger partial charge in [-0.3, -0.25) is 9.98 Å². The molecule has 1 aliphatic carbocycles. The van der Waals surface area contributed by atoms with Crippen LogP contribution in [-0.2, 0) is 0 Å². The molecule has 2 aliphatic rings. The Balaban J connectivity index is 1.62. The van der Waals surface area contributed by atoms with E-state index in [0.29, 0.717) is 12.1 Å². The molecule has 4 heteroatoms. The van der Waals surface area contributed by atoms with Gasteiger partial charge >= 0.3 is 0 Å². The van der Waals surface area contributed by atoms with Crippen molar-refractivity contribution in [3.8, 4) is 0 Å². The van der Waals surface area contributed by atoms with Gasteiger partial charge in [-0.05, 0) is 37.1 Å². The largest absolute Gasteiger partial charge is 0.384 e. The molecule has 2 heterocycles. The number of hydrogen-bond acceptors (Lipinski definition) is 4. The lowest BCUT2D eigenvalue weighted by molar-refractivity contribution is 0.354. The highest BCUT2D eigenvalue weighted by Crippen LogP contribution is 2.21. The Hall–Kier alpha value is -2.36. The minimum Gasteiger partial charge on any atom is -0.384 e. The first-order valence-corrected chi connectivity index (χ1v) is 7.92. The predicted octanol–water partition coefficient (Wildman–Crippen LogP) is 2.92. The highest BCUT2D eigenvalue weighted by molar-refractivity contribution is 5.76. The van der Waals surface area contributed by atoms with Crippen LogP contribution in [0.5, 0.6) is 0 Å². The number of rotatable bonds is 4. The van der Waals surface area contributed by atoms with Crippen molar-refractivity contribution in [3.63, 3.8) is 0 Å². The van der Waals surface area contributed by atoms with Crippen LogP contribution in [0.15, 0.2) is 65.7 Å². The van der Waals surface area contributed by atoms with Crippen molar-refractivity contribution in [2.75, 3.05) is 0 Å². The summed E-state index contributed by atoms with van der Waals surface area (Å²) in [5.41, 5.74) is 2.01. The van der Waals surface area contributed by atoms with Crippen LogP contribution >= 0.6 is 0 Å². The molecule has 4 nitrogen and oxygen atoms in total. The summed E-state index contributed by atoms with van der Waals surface area (Å²) in [5, 5.41) is 6.75. The minimum absolute atomic E-state index is 0.315. The van der Waals surface area contributed by atoms with Gasteiger partial charge in [0.25, 0.3) is 0 Å². The van der Waals surface area contributed by atoms with E-state index in [-0.39, 0.29) is 0 Å². The van der Waals surface area contributed by atoms with Crippen LogP contribution in [0.1, 0.15) is 31.4 Å². The van der Waals surface area contributed by atoms with E-state index in [0.717, 1.165) is 24.2 Å². The van der Waals surface area contributed by atoms with Crippen molar-refractivity contribution >= 4 is 6.21 Å². The quantitative estimate of drug-likeness (QED) is 0.840. The Morgan fingerprint density at radius 3 is 3.00 bits per heavy atom. The van der Waals surface area contributed by atoms with Crippen molar-refractivity contribution < 1.29 is 0 Å². The summed E-state index contributed by atoms with van der Waals surface area (Å²) in [6.45, 7) is 0. The lowest BCUT2D eigenvalue weighted by atomic mass is 9.91. The fourth-order valence-corrected chi connectivity index (χ4v) is 2.80. The van der Waals surface area contributed by atoms with E-state index in [2.05, 4.69) is 27.9 Å². The van der Waals surface area contributed by atoms with Gasteiger partial charge < -0.3 is 10.6 Å². The number of nitrogens with one attached hydrogen (secondary N) is 2. The second-order valence-electron chi connectivity index (χ2n) is 5.62. The molecule has 1 aliphatic heterocycles. The molecule has 0 saturated heterocycles. The van der Waals surface area contributed by atoms with Gasteiger partial charge in [0.2, 0.25) is 0 Å². The van der Waals surface area contributed by atoms with Crippen LogP contribution in [0.3, 0.4) is 0 Å². The normalized spacial score (nSPS) is 26.3. The van der Waals surface area contributed by atoms with Crippen LogP contribution in [0.25, 0.3) is 0 Å². The molecule has 0 aromatic carbocycles. The molecule has 0 radical (unpaired) electrons. The lowest BCUT2D eigenvalue weighted by Crippen LogP contribution is -2.39. The van der Waals surface area contributed by atoms with Gasteiger partial charge in [0.15, 0.2) is 0 Å². The Bertz CT molecular complexity index is 586. The second kappa shape index (κ2) is 7.59. The van der Waals surface area contributed by atoms with E-state index in [1.807, 2.05) is 42.8 Å². The molecule has 0 amide bonds. The molecule has 0 unspecified atom stereocenters. The van der Waals surface area contributed by atoms with Crippen LogP contribution in [0.2, 0.25) is 0 Å². The molecule has 1 aromatic rings. The SMILES string of the molecule is C1=CN/C(=C/N[C@@H]2CCCC[C@@H]2N=Cc2ccccn2)C=C1. The van der Waals surface area contributed by atoms with Crippen molar-refractivity contribution in [3.05, 3.63) is 66.4 Å². The minimum atomic E-state index is 0.315. The molecule has 1 aromatic heterocycles. The molecule has 3 rings (SSSR count). The van der Waals surface area contributed by atoms with Gasteiger partial charge in [-0.1, -0.05) is 25.0 Å². The number of aromatic nitrogens is 1. The van der Waals surface area contributed by atoms with Crippen molar-refractivity contribution in [2.24, 2.45) is 4.99 Å². The maximum Gasteiger partial charge on any atom is 0.0807 e. The number of allylic oxidation sites excluding steroid dienone is 3. The van der Waals surface area contributed by atoms with Gasteiger partial charge in [0.05, 0.1) is 17.4 Å². The Labute approximate surface area is 131 Å². The number of hydrogen-bond donors (Lipinski definition) is 2. The Kier molecular flexibility index (Phi) is 5.03. The van der Waals surface area contributed by atoms with Crippen LogP contribution in [-0.4, -0.2) is 23.3 Å². The van der Waals surface area contributed by atoms with E-state index < -0.39 is 0 Å². The van der Waals surface area contributed by atoms with Crippen molar-refractivity contribution in [1.29, 1.82) is 0 Å². The number of pyridine rings is 1. The number of aliphatic imine (C=N–C) groups is 1. The molecule has 114 valence electrons. The van der Waals surface area contributed by atoms with Gasteiger partial charge in [-0.2, -0.15) is 0 Å². The smallest absolute Gasteiger partial charge is 0.0807 e. The highest BCUT2D eigenvalue weighted by Gasteiger charge is 2.23. The van der Waals surface area contributed by atoms with Crippen LogP contribution in [0.4, 0.5) is 0 Å². The van der Waals surface area contributed by atoms with E-state index in [4.69, 9.17) is 4.99 Å². The van der Waals surface area contributed by atoms with Gasteiger partial charge in [-0.25, -0.2) is 0 Å². The summed E-state index contributed by atoms with van der Waals surface area (Å²) in [6, 6.07) is 6.61.